The van der Waals surface area contributed by atoms with Crippen LogP contribution in [0.25, 0.3) is 5.69 Å². The number of fused-ring (bicyclic) bond motifs is 3. The summed E-state index contributed by atoms with van der Waals surface area (Å²) in [7, 11) is 0. The Morgan fingerprint density at radius 2 is 1.80 bits per heavy atom. The van der Waals surface area contributed by atoms with Crippen molar-refractivity contribution in [3.8, 4) is 5.69 Å². The number of ether oxygens (including phenoxy) is 1. The van der Waals surface area contributed by atoms with Crippen molar-refractivity contribution in [1.29, 1.82) is 0 Å². The van der Waals surface area contributed by atoms with Gasteiger partial charge in [-0.3, -0.25) is 4.90 Å². The lowest BCUT2D eigenvalue weighted by Crippen LogP contribution is -2.44. The monoisotopic (exact) mass is 344 g/mol. The Labute approximate surface area is 143 Å². The standard InChI is InChI=1S/C17H20N4O4/c1-2-25-17(24)18-11-10-13-8-9-14(18)21-16(23)19(15(22)20(13)21)12-6-4-3-5-7-12/h3-7,13-14H,2,8-11H2,1H3. The molecule has 1 saturated heterocycles. The predicted molar refractivity (Wildman–Crippen MR) is 89.9 cm³/mol. The molecule has 25 heavy (non-hydrogen) atoms. The number of amides is 1. The van der Waals surface area contributed by atoms with Gasteiger partial charge in [0, 0.05) is 6.54 Å². The van der Waals surface area contributed by atoms with E-state index in [1.54, 1.807) is 36.1 Å². The average molecular weight is 344 g/mol. The molecule has 8 heteroatoms. The van der Waals surface area contributed by atoms with Crippen molar-refractivity contribution in [3.63, 3.8) is 0 Å². The van der Waals surface area contributed by atoms with Crippen molar-refractivity contribution in [2.24, 2.45) is 0 Å². The molecule has 1 amide bonds. The summed E-state index contributed by atoms with van der Waals surface area (Å²) in [5, 5.41) is 0. The lowest BCUT2D eigenvalue weighted by Gasteiger charge is -2.31. The second kappa shape index (κ2) is 5.94. The second-order valence-corrected chi connectivity index (χ2v) is 6.32. The van der Waals surface area contributed by atoms with Crippen molar-refractivity contribution < 1.29 is 9.53 Å². The van der Waals surface area contributed by atoms with E-state index >= 15 is 0 Å². The average Bonchev–Trinajstić information content (AvgIpc) is 2.79. The normalized spacial score (nSPS) is 21.7. The van der Waals surface area contributed by atoms with Gasteiger partial charge >= 0.3 is 17.5 Å². The zero-order valence-electron chi connectivity index (χ0n) is 14.0. The van der Waals surface area contributed by atoms with Gasteiger partial charge in [0.05, 0.1) is 18.3 Å². The molecule has 2 bridgehead atoms. The van der Waals surface area contributed by atoms with Crippen LogP contribution >= 0.6 is 0 Å². The first-order chi connectivity index (χ1) is 12.1. The minimum atomic E-state index is -0.483. The molecule has 1 aromatic heterocycles. The summed E-state index contributed by atoms with van der Waals surface area (Å²) in [5.41, 5.74) is -0.230. The number of para-hydroxylation sites is 1. The highest BCUT2D eigenvalue weighted by Gasteiger charge is 2.41. The van der Waals surface area contributed by atoms with E-state index < -0.39 is 17.9 Å². The minimum Gasteiger partial charge on any atom is -0.450 e. The van der Waals surface area contributed by atoms with Gasteiger partial charge in [-0.2, -0.15) is 0 Å². The Bertz CT molecular complexity index is 911. The fourth-order valence-corrected chi connectivity index (χ4v) is 3.87. The van der Waals surface area contributed by atoms with Crippen LogP contribution in [-0.4, -0.2) is 38.1 Å². The third kappa shape index (κ3) is 2.32. The summed E-state index contributed by atoms with van der Waals surface area (Å²) in [5.74, 6) is 0. The van der Waals surface area contributed by atoms with Gasteiger partial charge in [-0.1, -0.05) is 18.2 Å². The van der Waals surface area contributed by atoms with Crippen molar-refractivity contribution in [3.05, 3.63) is 51.3 Å². The summed E-state index contributed by atoms with van der Waals surface area (Å²) < 4.78 is 9.29. The molecule has 2 atom stereocenters. The molecular formula is C17H20N4O4. The topological polar surface area (TPSA) is 78.5 Å². The molecule has 5 rings (SSSR count). The maximum atomic E-state index is 13.0. The van der Waals surface area contributed by atoms with Crippen LogP contribution in [0, 0.1) is 0 Å². The van der Waals surface area contributed by atoms with Crippen LogP contribution in [0.3, 0.4) is 0 Å². The zero-order valence-corrected chi connectivity index (χ0v) is 14.0. The summed E-state index contributed by atoms with van der Waals surface area (Å²) in [6.07, 6.45) is 1.12. The Morgan fingerprint density at radius 1 is 1.08 bits per heavy atom. The molecule has 3 aliphatic heterocycles. The largest absolute Gasteiger partial charge is 0.450 e. The van der Waals surface area contributed by atoms with Crippen molar-refractivity contribution in [1.82, 2.24) is 18.8 Å². The van der Waals surface area contributed by atoms with E-state index in [1.807, 2.05) is 6.07 Å². The number of hydrogen-bond donors (Lipinski definition) is 0. The summed E-state index contributed by atoms with van der Waals surface area (Å²) in [4.78, 5) is 39.9. The smallest absolute Gasteiger partial charge is 0.411 e. The number of nitrogens with zero attached hydrogens (tertiary/aromatic N) is 4. The fourth-order valence-electron chi connectivity index (χ4n) is 3.87. The molecule has 4 heterocycles. The van der Waals surface area contributed by atoms with Crippen molar-refractivity contribution in [2.75, 3.05) is 13.2 Å². The van der Waals surface area contributed by atoms with Crippen LogP contribution in [-0.2, 0) is 4.74 Å². The molecular weight excluding hydrogens is 324 g/mol. The van der Waals surface area contributed by atoms with Crippen LogP contribution in [0.2, 0.25) is 0 Å². The highest BCUT2D eigenvalue weighted by Crippen LogP contribution is 2.35. The Hall–Kier alpha value is -2.77. The van der Waals surface area contributed by atoms with Crippen molar-refractivity contribution in [2.45, 2.75) is 38.4 Å². The first-order valence-electron chi connectivity index (χ1n) is 8.58. The van der Waals surface area contributed by atoms with E-state index in [2.05, 4.69) is 0 Å². The Morgan fingerprint density at radius 3 is 2.52 bits per heavy atom. The van der Waals surface area contributed by atoms with E-state index in [9.17, 15) is 14.4 Å². The third-order valence-electron chi connectivity index (χ3n) is 4.97. The van der Waals surface area contributed by atoms with Crippen molar-refractivity contribution >= 4 is 6.09 Å². The zero-order chi connectivity index (χ0) is 17.6. The Balaban J connectivity index is 1.89. The van der Waals surface area contributed by atoms with Gasteiger partial charge < -0.3 is 4.74 Å². The van der Waals surface area contributed by atoms with Gasteiger partial charge in [0.15, 0.2) is 0 Å². The number of hydrogen-bond acceptors (Lipinski definition) is 4. The molecule has 0 spiro atoms. The number of carbonyl (C=O) groups is 1. The van der Waals surface area contributed by atoms with Crippen LogP contribution in [0.15, 0.2) is 39.9 Å². The van der Waals surface area contributed by atoms with E-state index in [-0.39, 0.29) is 18.3 Å². The van der Waals surface area contributed by atoms with Gasteiger partial charge in [0.25, 0.3) is 0 Å². The van der Waals surface area contributed by atoms with E-state index in [0.717, 1.165) is 6.42 Å². The highest BCUT2D eigenvalue weighted by molar-refractivity contribution is 5.67. The number of rotatable bonds is 2. The fraction of sp³-hybridized carbons (Fsp3) is 0.471. The number of carbonyl (C=O) groups excluding carboxylic acids is 1. The molecule has 0 saturated carbocycles. The number of benzene rings is 1. The third-order valence-corrected chi connectivity index (χ3v) is 4.97. The van der Waals surface area contributed by atoms with Crippen LogP contribution in [0.5, 0.6) is 0 Å². The summed E-state index contributed by atoms with van der Waals surface area (Å²) in [6.45, 7) is 2.51. The summed E-state index contributed by atoms with van der Waals surface area (Å²) in [6, 6.07) is 8.78. The lowest BCUT2D eigenvalue weighted by atomic mass is 10.1. The molecule has 1 aromatic carbocycles. The van der Waals surface area contributed by atoms with Gasteiger partial charge in [0.2, 0.25) is 0 Å². The molecule has 0 radical (unpaired) electrons. The highest BCUT2D eigenvalue weighted by atomic mass is 16.6. The predicted octanol–water partition coefficient (Wildman–Crippen LogP) is 1.50. The SMILES string of the molecule is CCOC(=O)N1CCC2CCC1n1c(=O)n(-c3ccccc3)c(=O)n12. The molecule has 2 aromatic rings. The van der Waals surface area contributed by atoms with Gasteiger partial charge in [-0.25, -0.2) is 28.3 Å². The van der Waals surface area contributed by atoms with Crippen LogP contribution < -0.4 is 11.4 Å². The van der Waals surface area contributed by atoms with Gasteiger partial charge in [-0.15, -0.1) is 0 Å². The molecule has 2 unspecified atom stereocenters. The van der Waals surface area contributed by atoms with Gasteiger partial charge in [-0.05, 0) is 38.3 Å². The quantitative estimate of drug-likeness (QED) is 0.827. The van der Waals surface area contributed by atoms with E-state index in [4.69, 9.17) is 4.74 Å². The first kappa shape index (κ1) is 15.7. The molecule has 8 nitrogen and oxygen atoms in total. The van der Waals surface area contributed by atoms with Gasteiger partial charge in [0.1, 0.15) is 6.17 Å². The summed E-state index contributed by atoms with van der Waals surface area (Å²) >= 11 is 0. The molecule has 3 aliphatic rings. The maximum Gasteiger partial charge on any atom is 0.411 e. The van der Waals surface area contributed by atoms with E-state index in [1.165, 1.54) is 13.9 Å². The second-order valence-electron chi connectivity index (χ2n) is 6.32. The van der Waals surface area contributed by atoms with E-state index in [0.29, 0.717) is 25.1 Å². The number of aromatic nitrogens is 3. The minimum absolute atomic E-state index is 0.0826. The lowest BCUT2D eigenvalue weighted by molar-refractivity contribution is 0.0623. The molecule has 0 N–H and O–H groups in total. The molecule has 132 valence electrons. The first-order valence-corrected chi connectivity index (χ1v) is 8.58. The maximum absolute atomic E-state index is 13.0. The Kier molecular flexibility index (Phi) is 3.74. The molecule has 0 aliphatic carbocycles. The van der Waals surface area contributed by atoms with Crippen LogP contribution in [0.1, 0.15) is 38.4 Å². The van der Waals surface area contributed by atoms with Crippen LogP contribution in [0.4, 0.5) is 4.79 Å². The molecule has 1 fully saturated rings.